The van der Waals surface area contributed by atoms with Gasteiger partial charge in [0.05, 0.1) is 17.7 Å². The maximum atomic E-state index is 9.65. The highest BCUT2D eigenvalue weighted by molar-refractivity contribution is 6.31. The molecule has 0 unspecified atom stereocenters. The van der Waals surface area contributed by atoms with E-state index in [-0.39, 0.29) is 0 Å². The Bertz CT molecular complexity index is 619. The fourth-order valence-electron chi connectivity index (χ4n) is 2.42. The Hall–Kier alpha value is -1.36. The lowest BCUT2D eigenvalue weighted by molar-refractivity contribution is 0.178. The molecule has 0 saturated carbocycles. The predicted molar refractivity (Wildman–Crippen MR) is 87.1 cm³/mol. The zero-order chi connectivity index (χ0) is 15.6. The summed E-state index contributed by atoms with van der Waals surface area (Å²) >= 11 is 6.04. The molecule has 2 aromatic rings. The number of aromatic nitrogens is 1. The van der Waals surface area contributed by atoms with Gasteiger partial charge in [-0.15, -0.1) is 0 Å². The van der Waals surface area contributed by atoms with Gasteiger partial charge in [-0.25, -0.2) is 4.98 Å². The molecule has 4 nitrogen and oxygen atoms in total. The number of hydrogen-bond acceptors (Lipinski definition) is 4. The van der Waals surface area contributed by atoms with E-state index in [1.165, 1.54) is 0 Å². The zero-order valence-electron chi connectivity index (χ0n) is 12.5. The highest BCUT2D eigenvalue weighted by Crippen LogP contribution is 2.25. The molecule has 1 heterocycles. The molecule has 0 spiro atoms. The minimum atomic E-state index is -0.499. The summed E-state index contributed by atoms with van der Waals surface area (Å²) in [6.45, 7) is 6.30. The van der Waals surface area contributed by atoms with Crippen LogP contribution in [0, 0.1) is 6.92 Å². The van der Waals surface area contributed by atoms with Gasteiger partial charge in [-0.1, -0.05) is 17.7 Å². The number of halogens is 1. The largest absolute Gasteiger partial charge is 0.392 e. The number of aliphatic hydroxyl groups is 2. The van der Waals surface area contributed by atoms with Gasteiger partial charge in [-0.2, -0.15) is 0 Å². The molecule has 2 atom stereocenters. The van der Waals surface area contributed by atoms with Gasteiger partial charge in [-0.3, -0.25) is 0 Å². The molecule has 1 aromatic carbocycles. The lowest BCUT2D eigenvalue weighted by Gasteiger charge is -2.27. The van der Waals surface area contributed by atoms with Crippen LogP contribution < -0.4 is 4.90 Å². The Morgan fingerprint density at radius 1 is 1.14 bits per heavy atom. The zero-order valence-corrected chi connectivity index (χ0v) is 13.3. The average Bonchev–Trinajstić information content (AvgIpc) is 2.36. The van der Waals surface area contributed by atoms with Crippen molar-refractivity contribution in [2.45, 2.75) is 33.0 Å². The molecule has 0 aliphatic heterocycles. The Morgan fingerprint density at radius 2 is 1.76 bits per heavy atom. The van der Waals surface area contributed by atoms with Crippen molar-refractivity contribution in [3.05, 3.63) is 34.9 Å². The van der Waals surface area contributed by atoms with E-state index in [9.17, 15) is 10.2 Å². The van der Waals surface area contributed by atoms with Crippen molar-refractivity contribution in [2.24, 2.45) is 0 Å². The number of pyridine rings is 1. The molecule has 0 amide bonds. The van der Waals surface area contributed by atoms with Crippen molar-refractivity contribution in [1.29, 1.82) is 0 Å². The summed E-state index contributed by atoms with van der Waals surface area (Å²) in [6, 6.07) is 7.61. The molecule has 0 saturated heterocycles. The van der Waals surface area contributed by atoms with Crippen LogP contribution in [-0.4, -0.2) is 40.5 Å². The second-order valence-corrected chi connectivity index (χ2v) is 6.00. The molecule has 2 rings (SSSR count). The number of nitrogens with zero attached hydrogens (tertiary/aromatic N) is 2. The number of anilines is 1. The number of aliphatic hydroxyl groups excluding tert-OH is 2. The Labute approximate surface area is 130 Å². The summed E-state index contributed by atoms with van der Waals surface area (Å²) in [6.07, 6.45) is -0.998. The Kier molecular flexibility index (Phi) is 5.04. The molecule has 0 aliphatic rings. The van der Waals surface area contributed by atoms with Crippen LogP contribution in [0.2, 0.25) is 5.02 Å². The Balaban J connectivity index is 2.46. The van der Waals surface area contributed by atoms with Crippen LogP contribution in [0.25, 0.3) is 10.9 Å². The summed E-state index contributed by atoms with van der Waals surface area (Å²) in [4.78, 5) is 6.51. The Morgan fingerprint density at radius 3 is 2.33 bits per heavy atom. The van der Waals surface area contributed by atoms with Crippen LogP contribution in [0.15, 0.2) is 24.3 Å². The number of aryl methyl sites for hydroxylation is 1. The van der Waals surface area contributed by atoms with Crippen LogP contribution in [0.4, 0.5) is 5.82 Å². The van der Waals surface area contributed by atoms with Crippen molar-refractivity contribution in [1.82, 2.24) is 4.98 Å². The van der Waals surface area contributed by atoms with Crippen molar-refractivity contribution in [3.63, 3.8) is 0 Å². The van der Waals surface area contributed by atoms with E-state index in [4.69, 9.17) is 11.6 Å². The fourth-order valence-corrected chi connectivity index (χ4v) is 2.59. The van der Waals surface area contributed by atoms with E-state index in [1.54, 1.807) is 13.8 Å². The van der Waals surface area contributed by atoms with Crippen LogP contribution >= 0.6 is 11.6 Å². The molecular formula is C16H21ClN2O2. The first kappa shape index (κ1) is 16.0. The smallest absolute Gasteiger partial charge is 0.129 e. The third-order valence-electron chi connectivity index (χ3n) is 3.26. The van der Waals surface area contributed by atoms with Crippen molar-refractivity contribution in [3.8, 4) is 0 Å². The lowest BCUT2D eigenvalue weighted by atomic mass is 10.1. The van der Waals surface area contributed by atoms with Gasteiger partial charge in [-0.05, 0) is 44.5 Å². The molecule has 1 aromatic heterocycles. The van der Waals surface area contributed by atoms with E-state index in [0.29, 0.717) is 18.1 Å². The minimum Gasteiger partial charge on any atom is -0.392 e. The maximum absolute atomic E-state index is 9.65. The van der Waals surface area contributed by atoms with E-state index < -0.39 is 12.2 Å². The molecule has 0 fully saturated rings. The van der Waals surface area contributed by atoms with Gasteiger partial charge in [0.15, 0.2) is 0 Å². The van der Waals surface area contributed by atoms with Gasteiger partial charge < -0.3 is 15.1 Å². The molecule has 5 heteroatoms. The first-order chi connectivity index (χ1) is 9.86. The SMILES string of the molecule is Cc1cc(N(C[C@H](C)O)C[C@H](C)O)nc2cc(Cl)ccc12. The quantitative estimate of drug-likeness (QED) is 0.892. The first-order valence-electron chi connectivity index (χ1n) is 7.05. The van der Waals surface area contributed by atoms with Crippen molar-refractivity contribution in [2.75, 3.05) is 18.0 Å². The summed E-state index contributed by atoms with van der Waals surface area (Å²) < 4.78 is 0. The number of fused-ring (bicyclic) bond motifs is 1. The molecule has 0 bridgehead atoms. The average molecular weight is 309 g/mol. The van der Waals surface area contributed by atoms with Gasteiger partial charge in [0.2, 0.25) is 0 Å². The molecule has 114 valence electrons. The van der Waals surface area contributed by atoms with Gasteiger partial charge >= 0.3 is 0 Å². The van der Waals surface area contributed by atoms with Gasteiger partial charge in [0.25, 0.3) is 0 Å². The van der Waals surface area contributed by atoms with Crippen LogP contribution in [-0.2, 0) is 0 Å². The summed E-state index contributed by atoms with van der Waals surface area (Å²) in [7, 11) is 0. The molecule has 0 aliphatic carbocycles. The van der Waals surface area contributed by atoms with E-state index in [1.807, 2.05) is 36.1 Å². The van der Waals surface area contributed by atoms with Gasteiger partial charge in [0, 0.05) is 23.5 Å². The molecule has 21 heavy (non-hydrogen) atoms. The standard InChI is InChI=1S/C16H21ClN2O2/c1-10-6-16(19(8-11(2)20)9-12(3)21)18-15-7-13(17)4-5-14(10)15/h4-7,11-12,20-21H,8-9H2,1-3H3/t11-,12-/m0/s1. The minimum absolute atomic E-state index is 0.420. The van der Waals surface area contributed by atoms with Crippen LogP contribution in [0.1, 0.15) is 19.4 Å². The summed E-state index contributed by atoms with van der Waals surface area (Å²) in [5.41, 5.74) is 1.91. The lowest BCUT2D eigenvalue weighted by Crippen LogP contribution is -2.37. The first-order valence-corrected chi connectivity index (χ1v) is 7.42. The van der Waals surface area contributed by atoms with Crippen molar-refractivity contribution >= 4 is 28.3 Å². The number of rotatable bonds is 5. The van der Waals surface area contributed by atoms with Crippen LogP contribution in [0.3, 0.4) is 0 Å². The highest BCUT2D eigenvalue weighted by Gasteiger charge is 2.15. The highest BCUT2D eigenvalue weighted by atomic mass is 35.5. The van der Waals surface area contributed by atoms with E-state index in [0.717, 1.165) is 22.3 Å². The molecule has 2 N–H and O–H groups in total. The van der Waals surface area contributed by atoms with Gasteiger partial charge in [0.1, 0.15) is 5.82 Å². The molecular weight excluding hydrogens is 288 g/mol. The monoisotopic (exact) mass is 308 g/mol. The number of benzene rings is 1. The van der Waals surface area contributed by atoms with E-state index >= 15 is 0 Å². The predicted octanol–water partition coefficient (Wildman–Crippen LogP) is 2.76. The second-order valence-electron chi connectivity index (χ2n) is 5.56. The topological polar surface area (TPSA) is 56.6 Å². The van der Waals surface area contributed by atoms with E-state index in [2.05, 4.69) is 4.98 Å². The summed E-state index contributed by atoms with van der Waals surface area (Å²) in [5.74, 6) is 0.740. The normalized spacial score (nSPS) is 14.2. The third kappa shape index (κ3) is 4.06. The second kappa shape index (κ2) is 6.60. The number of hydrogen-bond donors (Lipinski definition) is 2. The summed E-state index contributed by atoms with van der Waals surface area (Å²) in [5, 5.41) is 21.0. The van der Waals surface area contributed by atoms with Crippen LogP contribution in [0.5, 0.6) is 0 Å². The third-order valence-corrected chi connectivity index (χ3v) is 3.49. The molecule has 0 radical (unpaired) electrons. The maximum Gasteiger partial charge on any atom is 0.129 e. The fraction of sp³-hybridized carbons (Fsp3) is 0.438. The van der Waals surface area contributed by atoms with Crippen molar-refractivity contribution < 1.29 is 10.2 Å².